The van der Waals surface area contributed by atoms with Gasteiger partial charge in [0.25, 0.3) is 0 Å². The molecule has 1 aliphatic rings. The van der Waals surface area contributed by atoms with Gasteiger partial charge < -0.3 is 5.73 Å². The van der Waals surface area contributed by atoms with E-state index in [0.717, 1.165) is 35.0 Å². The Labute approximate surface area is 142 Å². The van der Waals surface area contributed by atoms with Crippen molar-refractivity contribution in [2.45, 2.75) is 20.3 Å². The fourth-order valence-electron chi connectivity index (χ4n) is 2.70. The molecule has 0 unspecified atom stereocenters. The quantitative estimate of drug-likeness (QED) is 0.940. The molecule has 1 aromatic heterocycles. The molecule has 0 spiro atoms. The van der Waals surface area contributed by atoms with Crippen LogP contribution in [0.1, 0.15) is 24.5 Å². The predicted molar refractivity (Wildman–Crippen MR) is 101 cm³/mol. The van der Waals surface area contributed by atoms with Gasteiger partial charge in [-0.15, -0.1) is 0 Å². The highest BCUT2D eigenvalue weighted by molar-refractivity contribution is 6.34. The van der Waals surface area contributed by atoms with Gasteiger partial charge >= 0.3 is 0 Å². The molecule has 0 amide bonds. The number of aryl methyl sites for hydroxylation is 1. The molecule has 0 fully saturated rings. The van der Waals surface area contributed by atoms with E-state index < -0.39 is 0 Å². The summed E-state index contributed by atoms with van der Waals surface area (Å²) in [5.41, 5.74) is 9.97. The summed E-state index contributed by atoms with van der Waals surface area (Å²) in [5, 5.41) is 0. The summed E-state index contributed by atoms with van der Waals surface area (Å²) < 4.78 is 0. The van der Waals surface area contributed by atoms with Crippen molar-refractivity contribution in [3.63, 3.8) is 0 Å². The monoisotopic (exact) mass is 319 g/mol. The maximum atomic E-state index is 6.09. The lowest BCUT2D eigenvalue weighted by atomic mass is 10.1. The predicted octanol–water partition coefficient (Wildman–Crippen LogP) is 3.56. The summed E-state index contributed by atoms with van der Waals surface area (Å²) in [6, 6.07) is 12.1. The molecule has 5 nitrogen and oxygen atoms in total. The standard InChI is InChI=1S/C19H21N5/c1-4-6-16-19(21-3)24(14-10-8-13(2)9-11-14)18(23-16)15-7-5-12-22-17(15)20/h5-12H,4H2,1-3H3,(H2,20,22)/b16-6+,21-19?. The van der Waals surface area contributed by atoms with Crippen molar-refractivity contribution in [2.75, 3.05) is 17.7 Å². The number of anilines is 2. The van der Waals surface area contributed by atoms with Gasteiger partial charge in [0, 0.05) is 18.9 Å². The van der Waals surface area contributed by atoms with E-state index in [2.05, 4.69) is 54.2 Å². The minimum absolute atomic E-state index is 0.460. The topological polar surface area (TPSA) is 66.9 Å². The summed E-state index contributed by atoms with van der Waals surface area (Å²) in [6.07, 6.45) is 4.64. The number of aliphatic imine (C=N–C) groups is 2. The fraction of sp³-hybridized carbons (Fsp3) is 0.211. The van der Waals surface area contributed by atoms with Gasteiger partial charge in [0.2, 0.25) is 0 Å². The third kappa shape index (κ3) is 2.80. The number of allylic oxidation sites excluding steroid dienone is 1. The SMILES string of the molecule is CC/C=C1/N=C(c2cccnc2N)N(c2ccc(C)cc2)C1=NC. The van der Waals surface area contributed by atoms with Crippen LogP contribution < -0.4 is 10.6 Å². The number of hydrogen-bond acceptors (Lipinski definition) is 4. The van der Waals surface area contributed by atoms with Gasteiger partial charge in [-0.2, -0.15) is 0 Å². The second-order valence-electron chi connectivity index (χ2n) is 5.59. The molecule has 0 saturated carbocycles. The third-order valence-corrected chi connectivity index (χ3v) is 3.86. The van der Waals surface area contributed by atoms with Gasteiger partial charge in [-0.25, -0.2) is 9.98 Å². The van der Waals surface area contributed by atoms with E-state index in [9.17, 15) is 0 Å². The number of pyridine rings is 1. The molecule has 2 heterocycles. The number of amidine groups is 2. The zero-order chi connectivity index (χ0) is 17.1. The van der Waals surface area contributed by atoms with E-state index in [1.54, 1.807) is 13.2 Å². The van der Waals surface area contributed by atoms with Crippen molar-refractivity contribution in [3.8, 4) is 0 Å². The molecule has 122 valence electrons. The summed E-state index contributed by atoms with van der Waals surface area (Å²) >= 11 is 0. The van der Waals surface area contributed by atoms with Crippen LogP contribution in [0.3, 0.4) is 0 Å². The minimum atomic E-state index is 0.460. The van der Waals surface area contributed by atoms with Gasteiger partial charge in [-0.3, -0.25) is 9.89 Å². The number of nitrogens with two attached hydrogens (primary N) is 1. The molecule has 0 aliphatic carbocycles. The maximum Gasteiger partial charge on any atom is 0.159 e. The molecular formula is C19H21N5. The Hall–Kier alpha value is -2.95. The first kappa shape index (κ1) is 15.9. The van der Waals surface area contributed by atoms with Gasteiger partial charge in [-0.1, -0.05) is 30.7 Å². The molecule has 1 aromatic carbocycles. The lowest BCUT2D eigenvalue weighted by Gasteiger charge is -2.22. The average molecular weight is 319 g/mol. The molecule has 2 N–H and O–H groups in total. The Morgan fingerprint density at radius 2 is 1.96 bits per heavy atom. The maximum absolute atomic E-state index is 6.09. The van der Waals surface area contributed by atoms with Crippen molar-refractivity contribution < 1.29 is 0 Å². The van der Waals surface area contributed by atoms with Crippen molar-refractivity contribution in [2.24, 2.45) is 9.98 Å². The summed E-state index contributed by atoms with van der Waals surface area (Å²) in [6.45, 7) is 4.15. The lowest BCUT2D eigenvalue weighted by Crippen LogP contribution is -2.33. The van der Waals surface area contributed by atoms with Gasteiger partial charge in [0.1, 0.15) is 11.5 Å². The van der Waals surface area contributed by atoms with Gasteiger partial charge in [-0.05, 0) is 37.6 Å². The summed E-state index contributed by atoms with van der Waals surface area (Å²) in [5.74, 6) is 2.03. The second kappa shape index (κ2) is 6.66. The first-order chi connectivity index (χ1) is 11.7. The molecule has 0 bridgehead atoms. The fourth-order valence-corrected chi connectivity index (χ4v) is 2.70. The van der Waals surface area contributed by atoms with Crippen molar-refractivity contribution in [1.29, 1.82) is 0 Å². The van der Waals surface area contributed by atoms with Crippen molar-refractivity contribution >= 4 is 23.2 Å². The molecular weight excluding hydrogens is 298 g/mol. The molecule has 0 saturated heterocycles. The highest BCUT2D eigenvalue weighted by Crippen LogP contribution is 2.29. The Kier molecular flexibility index (Phi) is 4.42. The van der Waals surface area contributed by atoms with E-state index in [1.807, 2.05) is 17.0 Å². The largest absolute Gasteiger partial charge is 0.383 e. The van der Waals surface area contributed by atoms with Gasteiger partial charge in [0.05, 0.1) is 5.56 Å². The molecule has 24 heavy (non-hydrogen) atoms. The summed E-state index contributed by atoms with van der Waals surface area (Å²) in [4.78, 5) is 15.5. The first-order valence-corrected chi connectivity index (χ1v) is 7.99. The number of hydrogen-bond donors (Lipinski definition) is 1. The van der Waals surface area contributed by atoms with Crippen LogP contribution in [-0.2, 0) is 0 Å². The van der Waals surface area contributed by atoms with Crippen LogP contribution in [-0.4, -0.2) is 23.7 Å². The van der Waals surface area contributed by atoms with Crippen LogP contribution in [0.4, 0.5) is 11.5 Å². The molecule has 1 aliphatic heterocycles. The Morgan fingerprint density at radius 1 is 1.21 bits per heavy atom. The van der Waals surface area contributed by atoms with Crippen LogP contribution >= 0.6 is 0 Å². The van der Waals surface area contributed by atoms with Crippen LogP contribution in [0.25, 0.3) is 0 Å². The molecule has 0 atom stereocenters. The Morgan fingerprint density at radius 3 is 2.58 bits per heavy atom. The van der Waals surface area contributed by atoms with Crippen LogP contribution in [0, 0.1) is 6.92 Å². The number of rotatable bonds is 3. The molecule has 2 aromatic rings. The van der Waals surface area contributed by atoms with Gasteiger partial charge in [0.15, 0.2) is 11.7 Å². The second-order valence-corrected chi connectivity index (χ2v) is 5.59. The average Bonchev–Trinajstić information content (AvgIpc) is 2.94. The zero-order valence-electron chi connectivity index (χ0n) is 14.2. The minimum Gasteiger partial charge on any atom is -0.383 e. The van der Waals surface area contributed by atoms with E-state index in [4.69, 9.17) is 10.7 Å². The lowest BCUT2D eigenvalue weighted by molar-refractivity contribution is 1.19. The van der Waals surface area contributed by atoms with E-state index in [0.29, 0.717) is 5.82 Å². The smallest absolute Gasteiger partial charge is 0.159 e. The highest BCUT2D eigenvalue weighted by atomic mass is 15.3. The number of benzene rings is 1. The number of aromatic nitrogens is 1. The van der Waals surface area contributed by atoms with E-state index in [1.165, 1.54) is 5.56 Å². The van der Waals surface area contributed by atoms with E-state index >= 15 is 0 Å². The van der Waals surface area contributed by atoms with Crippen LogP contribution in [0.5, 0.6) is 0 Å². The molecule has 0 radical (unpaired) electrons. The molecule has 5 heteroatoms. The van der Waals surface area contributed by atoms with Crippen molar-refractivity contribution in [1.82, 2.24) is 4.98 Å². The van der Waals surface area contributed by atoms with Crippen LogP contribution in [0.2, 0.25) is 0 Å². The zero-order valence-corrected chi connectivity index (χ0v) is 14.2. The van der Waals surface area contributed by atoms with Crippen molar-refractivity contribution in [3.05, 3.63) is 65.5 Å². The molecule has 3 rings (SSSR count). The van der Waals surface area contributed by atoms with Crippen LogP contribution in [0.15, 0.2) is 64.4 Å². The van der Waals surface area contributed by atoms with E-state index in [-0.39, 0.29) is 0 Å². The highest BCUT2D eigenvalue weighted by Gasteiger charge is 2.31. The normalized spacial score (nSPS) is 17.6. The summed E-state index contributed by atoms with van der Waals surface area (Å²) in [7, 11) is 1.78. The Bertz CT molecular complexity index is 831. The number of nitrogens with zero attached hydrogens (tertiary/aromatic N) is 4. The first-order valence-electron chi connectivity index (χ1n) is 7.99. The Balaban J connectivity index is 2.18. The number of nitrogen functional groups attached to an aromatic ring is 1. The third-order valence-electron chi connectivity index (χ3n) is 3.86.